The van der Waals surface area contributed by atoms with Gasteiger partial charge in [-0.25, -0.2) is 0 Å². The van der Waals surface area contributed by atoms with Gasteiger partial charge in [0.2, 0.25) is 11.0 Å². The van der Waals surface area contributed by atoms with Crippen LogP contribution in [0.25, 0.3) is 0 Å². The Kier molecular flexibility index (Phi) is 6.67. The molecule has 0 spiro atoms. The molecule has 31 heavy (non-hydrogen) atoms. The number of benzene rings is 2. The van der Waals surface area contributed by atoms with Crippen LogP contribution in [0.2, 0.25) is 0 Å². The number of para-hydroxylation sites is 1. The number of amides is 2. The predicted octanol–water partition coefficient (Wildman–Crippen LogP) is 5.12. The number of carbonyl (C=O) groups is 2. The Morgan fingerprint density at radius 2 is 1.97 bits per heavy atom. The van der Waals surface area contributed by atoms with Gasteiger partial charge in [0.05, 0.1) is 5.56 Å². The summed E-state index contributed by atoms with van der Waals surface area (Å²) in [5, 5.41) is 12.5. The van der Waals surface area contributed by atoms with E-state index in [9.17, 15) is 9.59 Å². The van der Waals surface area contributed by atoms with Crippen molar-refractivity contribution < 1.29 is 9.59 Å². The maximum Gasteiger partial charge on any atom is 0.258 e. The van der Waals surface area contributed by atoms with Crippen LogP contribution in [0, 0.1) is 6.92 Å². The SMILES string of the molecule is CCCSc1ccccc1C(=O)Nc1nnc(C2CC(=O)N(c3ccccc3C)C2)s1. The molecule has 1 aromatic heterocycles. The van der Waals surface area contributed by atoms with Gasteiger partial charge in [-0.1, -0.05) is 48.6 Å². The number of hydrogen-bond donors (Lipinski definition) is 1. The van der Waals surface area contributed by atoms with Gasteiger partial charge in [-0.15, -0.1) is 22.0 Å². The maximum atomic E-state index is 12.8. The number of hydrogen-bond acceptors (Lipinski definition) is 6. The van der Waals surface area contributed by atoms with Gasteiger partial charge in [0.1, 0.15) is 5.01 Å². The van der Waals surface area contributed by atoms with Gasteiger partial charge >= 0.3 is 0 Å². The molecule has 3 aromatic rings. The summed E-state index contributed by atoms with van der Waals surface area (Å²) >= 11 is 3.02. The van der Waals surface area contributed by atoms with Crippen LogP contribution in [-0.2, 0) is 4.79 Å². The van der Waals surface area contributed by atoms with Gasteiger partial charge in [-0.2, -0.15) is 0 Å². The van der Waals surface area contributed by atoms with Crippen LogP contribution in [-0.4, -0.2) is 34.3 Å². The van der Waals surface area contributed by atoms with E-state index in [0.717, 1.165) is 33.3 Å². The highest BCUT2D eigenvalue weighted by Crippen LogP contribution is 2.35. The summed E-state index contributed by atoms with van der Waals surface area (Å²) < 4.78 is 0. The average Bonchev–Trinajstić information content (AvgIpc) is 3.39. The second-order valence-electron chi connectivity index (χ2n) is 7.44. The van der Waals surface area contributed by atoms with Gasteiger partial charge in [0, 0.05) is 29.5 Å². The molecule has 8 heteroatoms. The Labute approximate surface area is 190 Å². The zero-order valence-corrected chi connectivity index (χ0v) is 19.1. The van der Waals surface area contributed by atoms with Gasteiger partial charge in [0.15, 0.2) is 0 Å². The first kappa shape index (κ1) is 21.5. The largest absolute Gasteiger partial charge is 0.311 e. The molecular weight excluding hydrogens is 428 g/mol. The van der Waals surface area contributed by atoms with Gasteiger partial charge < -0.3 is 4.90 Å². The Morgan fingerprint density at radius 3 is 2.77 bits per heavy atom. The molecule has 2 aromatic carbocycles. The summed E-state index contributed by atoms with van der Waals surface area (Å²) in [5.74, 6) is 0.830. The number of aromatic nitrogens is 2. The maximum absolute atomic E-state index is 12.8. The standard InChI is InChI=1S/C23H24N4O2S2/c1-3-12-30-19-11-7-5-9-17(19)21(29)24-23-26-25-22(31-23)16-13-20(28)27(14-16)18-10-6-4-8-15(18)2/h4-11,16H,3,12-14H2,1-2H3,(H,24,26,29). The molecule has 1 unspecified atom stereocenters. The van der Waals surface area contributed by atoms with E-state index >= 15 is 0 Å². The zero-order valence-electron chi connectivity index (χ0n) is 17.5. The lowest BCUT2D eigenvalue weighted by atomic mass is 10.1. The van der Waals surface area contributed by atoms with Crippen molar-refractivity contribution in [1.29, 1.82) is 0 Å². The summed E-state index contributed by atoms with van der Waals surface area (Å²) in [6.07, 6.45) is 1.44. The number of aryl methyl sites for hydroxylation is 1. The van der Waals surface area contributed by atoms with Crippen molar-refractivity contribution in [3.05, 3.63) is 64.7 Å². The van der Waals surface area contributed by atoms with E-state index in [4.69, 9.17) is 0 Å². The van der Waals surface area contributed by atoms with Crippen molar-refractivity contribution in [3.8, 4) is 0 Å². The van der Waals surface area contributed by atoms with Crippen LogP contribution in [0.5, 0.6) is 0 Å². The predicted molar refractivity (Wildman–Crippen MR) is 126 cm³/mol. The molecule has 0 bridgehead atoms. The number of carbonyl (C=O) groups excluding carboxylic acids is 2. The van der Waals surface area contributed by atoms with Crippen LogP contribution in [0.3, 0.4) is 0 Å². The summed E-state index contributed by atoms with van der Waals surface area (Å²) in [7, 11) is 0. The molecule has 4 rings (SSSR count). The van der Waals surface area contributed by atoms with Crippen molar-refractivity contribution >= 4 is 45.7 Å². The zero-order chi connectivity index (χ0) is 21.8. The van der Waals surface area contributed by atoms with Crippen molar-refractivity contribution in [3.63, 3.8) is 0 Å². The molecule has 1 N–H and O–H groups in total. The van der Waals surface area contributed by atoms with E-state index in [1.165, 1.54) is 11.3 Å². The van der Waals surface area contributed by atoms with Gasteiger partial charge in [0.25, 0.3) is 5.91 Å². The van der Waals surface area contributed by atoms with Crippen LogP contribution in [0.15, 0.2) is 53.4 Å². The number of anilines is 2. The minimum atomic E-state index is -0.189. The molecule has 1 saturated heterocycles. The molecule has 1 atom stereocenters. The average molecular weight is 453 g/mol. The fourth-order valence-electron chi connectivity index (χ4n) is 3.58. The van der Waals surface area contributed by atoms with Crippen molar-refractivity contribution in [2.24, 2.45) is 0 Å². The molecule has 2 amide bonds. The summed E-state index contributed by atoms with van der Waals surface area (Å²) in [6.45, 7) is 4.69. The molecule has 1 fully saturated rings. The van der Waals surface area contributed by atoms with Gasteiger partial charge in [-0.3, -0.25) is 14.9 Å². The van der Waals surface area contributed by atoms with Crippen molar-refractivity contribution in [1.82, 2.24) is 10.2 Å². The molecule has 160 valence electrons. The molecule has 0 radical (unpaired) electrons. The third-order valence-corrected chi connectivity index (χ3v) is 7.42. The molecule has 0 saturated carbocycles. The van der Waals surface area contributed by atoms with Crippen LogP contribution in [0.4, 0.5) is 10.8 Å². The van der Waals surface area contributed by atoms with E-state index in [0.29, 0.717) is 23.7 Å². The Hall–Kier alpha value is -2.71. The molecule has 6 nitrogen and oxygen atoms in total. The molecule has 0 aliphatic carbocycles. The van der Waals surface area contributed by atoms with E-state index in [2.05, 4.69) is 22.4 Å². The Morgan fingerprint density at radius 1 is 1.19 bits per heavy atom. The first-order valence-electron chi connectivity index (χ1n) is 10.3. The highest BCUT2D eigenvalue weighted by Gasteiger charge is 2.34. The fourth-order valence-corrected chi connectivity index (χ4v) is 5.32. The van der Waals surface area contributed by atoms with E-state index in [-0.39, 0.29) is 17.7 Å². The van der Waals surface area contributed by atoms with Crippen LogP contribution < -0.4 is 10.2 Å². The summed E-state index contributed by atoms with van der Waals surface area (Å²) in [5.41, 5.74) is 2.65. The molecule has 1 aliphatic heterocycles. The third kappa shape index (κ3) is 4.80. The minimum absolute atomic E-state index is 0.0253. The van der Waals surface area contributed by atoms with Crippen LogP contribution in [0.1, 0.15) is 46.6 Å². The quantitative estimate of drug-likeness (QED) is 0.504. The highest BCUT2D eigenvalue weighted by atomic mass is 32.2. The Balaban J connectivity index is 1.45. The monoisotopic (exact) mass is 452 g/mol. The lowest BCUT2D eigenvalue weighted by molar-refractivity contribution is -0.117. The second kappa shape index (κ2) is 9.62. The minimum Gasteiger partial charge on any atom is -0.311 e. The smallest absolute Gasteiger partial charge is 0.258 e. The molecular formula is C23H24N4O2S2. The van der Waals surface area contributed by atoms with Crippen molar-refractivity contribution in [2.75, 3.05) is 22.5 Å². The van der Waals surface area contributed by atoms with E-state index in [1.54, 1.807) is 11.8 Å². The highest BCUT2D eigenvalue weighted by molar-refractivity contribution is 7.99. The van der Waals surface area contributed by atoms with E-state index < -0.39 is 0 Å². The number of nitrogens with zero attached hydrogens (tertiary/aromatic N) is 3. The summed E-state index contributed by atoms with van der Waals surface area (Å²) in [6, 6.07) is 15.5. The molecule has 2 heterocycles. The normalized spacial score (nSPS) is 16.0. The summed E-state index contributed by atoms with van der Waals surface area (Å²) in [4.78, 5) is 28.2. The van der Waals surface area contributed by atoms with Crippen LogP contribution >= 0.6 is 23.1 Å². The topological polar surface area (TPSA) is 75.2 Å². The second-order valence-corrected chi connectivity index (χ2v) is 9.58. The first-order chi connectivity index (χ1) is 15.1. The molecule has 1 aliphatic rings. The number of nitrogens with one attached hydrogen (secondary N) is 1. The van der Waals surface area contributed by atoms with Gasteiger partial charge in [-0.05, 0) is 42.9 Å². The lowest BCUT2D eigenvalue weighted by Gasteiger charge is -2.18. The number of rotatable bonds is 7. The van der Waals surface area contributed by atoms with Crippen molar-refractivity contribution in [2.45, 2.75) is 37.5 Å². The first-order valence-corrected chi connectivity index (χ1v) is 12.1. The lowest BCUT2D eigenvalue weighted by Crippen LogP contribution is -2.25. The third-order valence-electron chi connectivity index (χ3n) is 5.13. The van der Waals surface area contributed by atoms with E-state index in [1.807, 2.05) is 60.4 Å². The number of thioether (sulfide) groups is 1. The Bertz CT molecular complexity index is 1100. The fraction of sp³-hybridized carbons (Fsp3) is 0.304.